The Morgan fingerprint density at radius 3 is 2.64 bits per heavy atom. The minimum Gasteiger partial charge on any atom is -0.465 e. The minimum atomic E-state index is 1.00. The Hall–Kier alpha value is -0.0200. The third kappa shape index (κ3) is 2.49. The zero-order valence-electron chi connectivity index (χ0n) is 7.01. The molecule has 3 heteroatoms. The first kappa shape index (κ1) is 9.07. The van der Waals surface area contributed by atoms with Crippen LogP contribution in [0.3, 0.4) is 0 Å². The van der Waals surface area contributed by atoms with Gasteiger partial charge in [0.15, 0.2) is 0 Å². The summed E-state index contributed by atoms with van der Waals surface area (Å²) in [7, 11) is 3.64. The lowest BCUT2D eigenvalue weighted by atomic mass is 10.4. The van der Waals surface area contributed by atoms with Crippen LogP contribution in [0.25, 0.3) is 0 Å². The molecule has 0 N–H and O–H groups in total. The van der Waals surface area contributed by atoms with E-state index in [1.165, 1.54) is 4.90 Å². The Balaban J connectivity index is 2.62. The Morgan fingerprint density at radius 2 is 2.18 bits per heavy atom. The Bertz CT molecular complexity index is 230. The molecule has 1 aromatic rings. The summed E-state index contributed by atoms with van der Waals surface area (Å²) in [5.74, 6) is 3.17. The number of furan rings is 1. The molecule has 1 rings (SSSR count). The summed E-state index contributed by atoms with van der Waals surface area (Å²) in [5, 5.41) is 0. The molecule has 0 saturated heterocycles. The van der Waals surface area contributed by atoms with Crippen LogP contribution in [0.1, 0.15) is 18.4 Å². The van der Waals surface area contributed by atoms with Crippen molar-refractivity contribution in [3.05, 3.63) is 17.6 Å². The average molecular weight is 188 g/mol. The molecule has 0 fully saturated rings. The first-order valence-corrected chi connectivity index (χ1v) is 5.92. The predicted octanol–water partition coefficient (Wildman–Crippen LogP) is 3.66. The highest BCUT2D eigenvalue weighted by atomic mass is 33.1. The minimum absolute atomic E-state index is 1.00. The van der Waals surface area contributed by atoms with Crippen molar-refractivity contribution in [2.24, 2.45) is 0 Å². The van der Waals surface area contributed by atoms with E-state index in [0.29, 0.717) is 0 Å². The summed E-state index contributed by atoms with van der Waals surface area (Å²) in [6.07, 6.45) is 0. The molecule has 0 saturated carbocycles. The molecule has 0 aromatic carbocycles. The van der Waals surface area contributed by atoms with E-state index < -0.39 is 0 Å². The average Bonchev–Trinajstić information content (AvgIpc) is 2.26. The van der Waals surface area contributed by atoms with Crippen molar-refractivity contribution in [1.29, 1.82) is 0 Å². The summed E-state index contributed by atoms with van der Waals surface area (Å²) in [4.78, 5) is 1.26. The quantitative estimate of drug-likeness (QED) is 0.672. The lowest BCUT2D eigenvalue weighted by Gasteiger charge is -1.93. The molecule has 0 aliphatic rings. The van der Waals surface area contributed by atoms with Crippen molar-refractivity contribution in [2.75, 3.05) is 5.75 Å². The molecule has 0 amide bonds. The summed E-state index contributed by atoms with van der Waals surface area (Å²) < 4.78 is 5.38. The van der Waals surface area contributed by atoms with Crippen molar-refractivity contribution < 1.29 is 4.42 Å². The van der Waals surface area contributed by atoms with Crippen LogP contribution in [0.4, 0.5) is 0 Å². The molecule has 0 bridgehead atoms. The van der Waals surface area contributed by atoms with Gasteiger partial charge in [-0.25, -0.2) is 0 Å². The molecule has 1 heterocycles. The monoisotopic (exact) mass is 188 g/mol. The van der Waals surface area contributed by atoms with Crippen LogP contribution >= 0.6 is 21.6 Å². The van der Waals surface area contributed by atoms with Crippen LogP contribution in [-0.4, -0.2) is 5.75 Å². The van der Waals surface area contributed by atoms with Gasteiger partial charge in [0.25, 0.3) is 0 Å². The Labute approximate surface area is 75.3 Å². The number of rotatable bonds is 3. The molecule has 0 aliphatic heterocycles. The molecule has 0 unspecified atom stereocenters. The van der Waals surface area contributed by atoms with Crippen LogP contribution < -0.4 is 0 Å². The second kappa shape index (κ2) is 4.12. The summed E-state index contributed by atoms with van der Waals surface area (Å²) in [5.41, 5.74) is 0. The van der Waals surface area contributed by atoms with Gasteiger partial charge in [-0.3, -0.25) is 0 Å². The highest BCUT2D eigenvalue weighted by Crippen LogP contribution is 2.34. The van der Waals surface area contributed by atoms with Gasteiger partial charge in [-0.15, -0.1) is 0 Å². The van der Waals surface area contributed by atoms with E-state index in [1.807, 2.05) is 24.6 Å². The van der Waals surface area contributed by atoms with Crippen molar-refractivity contribution >= 4 is 21.6 Å². The van der Waals surface area contributed by atoms with Gasteiger partial charge in [-0.2, -0.15) is 0 Å². The van der Waals surface area contributed by atoms with Gasteiger partial charge in [-0.1, -0.05) is 28.5 Å². The van der Waals surface area contributed by atoms with Crippen molar-refractivity contribution in [1.82, 2.24) is 0 Å². The van der Waals surface area contributed by atoms with Gasteiger partial charge in [0, 0.05) is 5.75 Å². The van der Waals surface area contributed by atoms with E-state index in [9.17, 15) is 0 Å². The van der Waals surface area contributed by atoms with Gasteiger partial charge < -0.3 is 4.42 Å². The van der Waals surface area contributed by atoms with Gasteiger partial charge >= 0.3 is 0 Å². The van der Waals surface area contributed by atoms with E-state index >= 15 is 0 Å². The fourth-order valence-corrected chi connectivity index (χ4v) is 2.66. The number of aryl methyl sites for hydroxylation is 2. The highest BCUT2D eigenvalue weighted by molar-refractivity contribution is 8.76. The van der Waals surface area contributed by atoms with Crippen LogP contribution in [0.5, 0.6) is 0 Å². The van der Waals surface area contributed by atoms with Crippen molar-refractivity contribution in [3.8, 4) is 0 Å². The third-order valence-corrected chi connectivity index (χ3v) is 3.80. The zero-order chi connectivity index (χ0) is 8.27. The SMILES string of the molecule is CCSSc1cc(C)oc1C. The summed E-state index contributed by atoms with van der Waals surface area (Å²) in [6.45, 7) is 6.14. The van der Waals surface area contributed by atoms with E-state index in [4.69, 9.17) is 4.42 Å². The van der Waals surface area contributed by atoms with E-state index in [1.54, 1.807) is 10.8 Å². The largest absolute Gasteiger partial charge is 0.465 e. The maximum atomic E-state index is 5.38. The Kier molecular flexibility index (Phi) is 3.40. The normalized spacial score (nSPS) is 10.5. The molecule has 11 heavy (non-hydrogen) atoms. The van der Waals surface area contributed by atoms with Gasteiger partial charge in [0.2, 0.25) is 0 Å². The predicted molar refractivity (Wildman–Crippen MR) is 52.2 cm³/mol. The van der Waals surface area contributed by atoms with Crippen LogP contribution in [0, 0.1) is 13.8 Å². The van der Waals surface area contributed by atoms with Crippen molar-refractivity contribution in [3.63, 3.8) is 0 Å². The number of hydrogen-bond donors (Lipinski definition) is 0. The maximum absolute atomic E-state index is 5.38. The maximum Gasteiger partial charge on any atom is 0.115 e. The van der Waals surface area contributed by atoms with Crippen LogP contribution in [0.15, 0.2) is 15.4 Å². The fraction of sp³-hybridized carbons (Fsp3) is 0.500. The van der Waals surface area contributed by atoms with Gasteiger partial charge in [-0.05, 0) is 19.9 Å². The Morgan fingerprint density at radius 1 is 1.45 bits per heavy atom. The standard InChI is InChI=1S/C8H12OS2/c1-4-10-11-8-5-6(2)9-7(8)3/h5H,4H2,1-3H3. The third-order valence-electron chi connectivity index (χ3n) is 1.26. The molecule has 0 radical (unpaired) electrons. The lowest BCUT2D eigenvalue weighted by molar-refractivity contribution is 0.499. The van der Waals surface area contributed by atoms with E-state index in [2.05, 4.69) is 13.0 Å². The number of hydrogen-bond acceptors (Lipinski definition) is 3. The first-order chi connectivity index (χ1) is 5.24. The fourth-order valence-electron chi connectivity index (χ4n) is 0.813. The van der Waals surface area contributed by atoms with Crippen molar-refractivity contribution in [2.45, 2.75) is 25.7 Å². The second-order valence-electron chi connectivity index (χ2n) is 2.27. The topological polar surface area (TPSA) is 13.1 Å². The second-order valence-corrected chi connectivity index (χ2v) is 4.89. The van der Waals surface area contributed by atoms with Gasteiger partial charge in [0.05, 0.1) is 4.90 Å². The van der Waals surface area contributed by atoms with Gasteiger partial charge in [0.1, 0.15) is 11.5 Å². The van der Waals surface area contributed by atoms with Crippen LogP contribution in [0.2, 0.25) is 0 Å². The summed E-state index contributed by atoms with van der Waals surface area (Å²) >= 11 is 0. The lowest BCUT2D eigenvalue weighted by Crippen LogP contribution is -1.65. The molecule has 1 nitrogen and oxygen atoms in total. The van der Waals surface area contributed by atoms with Crippen LogP contribution in [-0.2, 0) is 0 Å². The van der Waals surface area contributed by atoms with E-state index in [-0.39, 0.29) is 0 Å². The molecular formula is C8H12OS2. The zero-order valence-corrected chi connectivity index (χ0v) is 8.64. The molecular weight excluding hydrogens is 176 g/mol. The highest BCUT2D eigenvalue weighted by Gasteiger charge is 2.03. The smallest absolute Gasteiger partial charge is 0.115 e. The summed E-state index contributed by atoms with van der Waals surface area (Å²) in [6, 6.07) is 2.09. The van der Waals surface area contributed by atoms with E-state index in [0.717, 1.165) is 17.3 Å². The molecule has 0 atom stereocenters. The molecule has 62 valence electrons. The molecule has 0 spiro atoms. The molecule has 1 aromatic heterocycles. The first-order valence-electron chi connectivity index (χ1n) is 3.60. The molecule has 0 aliphatic carbocycles.